The van der Waals surface area contributed by atoms with Crippen LogP contribution in [0.1, 0.15) is 11.4 Å². The van der Waals surface area contributed by atoms with Gasteiger partial charge in [0.1, 0.15) is 12.3 Å². The lowest BCUT2D eigenvalue weighted by molar-refractivity contribution is 0.102. The lowest BCUT2D eigenvalue weighted by Crippen LogP contribution is -1.96. The van der Waals surface area contributed by atoms with Crippen molar-refractivity contribution >= 4 is 23.1 Å². The van der Waals surface area contributed by atoms with Gasteiger partial charge in [-0.15, -0.1) is 10.2 Å². The Bertz CT molecular complexity index is 703. The fourth-order valence-electron chi connectivity index (χ4n) is 1.68. The SMILES string of the molecule is Clc1ccc(-c2nc(COCc3ccccc3)ns2)nn1. The first kappa shape index (κ1) is 14.1. The molecule has 0 saturated heterocycles. The summed E-state index contributed by atoms with van der Waals surface area (Å²) in [5.41, 5.74) is 1.78. The van der Waals surface area contributed by atoms with Gasteiger partial charge in [0.05, 0.1) is 6.61 Å². The predicted octanol–water partition coefficient (Wildman–Crippen LogP) is 3.37. The molecule has 0 atom stereocenters. The van der Waals surface area contributed by atoms with Crippen LogP contribution < -0.4 is 0 Å². The highest BCUT2D eigenvalue weighted by atomic mass is 35.5. The van der Waals surface area contributed by atoms with Crippen molar-refractivity contribution in [2.24, 2.45) is 0 Å². The number of hydrogen-bond donors (Lipinski definition) is 0. The minimum Gasteiger partial charge on any atom is -0.369 e. The highest BCUT2D eigenvalue weighted by molar-refractivity contribution is 7.09. The van der Waals surface area contributed by atoms with E-state index in [4.69, 9.17) is 16.3 Å². The van der Waals surface area contributed by atoms with Crippen LogP contribution in [0.3, 0.4) is 0 Å². The van der Waals surface area contributed by atoms with Gasteiger partial charge >= 0.3 is 0 Å². The van der Waals surface area contributed by atoms with Crippen molar-refractivity contribution in [3.8, 4) is 10.7 Å². The topological polar surface area (TPSA) is 60.8 Å². The van der Waals surface area contributed by atoms with Gasteiger partial charge < -0.3 is 4.74 Å². The van der Waals surface area contributed by atoms with Gasteiger partial charge in [-0.05, 0) is 29.2 Å². The Hall–Kier alpha value is -1.89. The third kappa shape index (κ3) is 3.81. The third-order valence-electron chi connectivity index (χ3n) is 2.66. The molecule has 0 spiro atoms. The Labute approximate surface area is 130 Å². The van der Waals surface area contributed by atoms with Gasteiger partial charge in [-0.25, -0.2) is 4.98 Å². The van der Waals surface area contributed by atoms with Gasteiger partial charge in [0.25, 0.3) is 0 Å². The summed E-state index contributed by atoms with van der Waals surface area (Å²) in [6, 6.07) is 13.4. The first-order chi connectivity index (χ1) is 10.3. The van der Waals surface area contributed by atoms with Crippen LogP contribution in [0.5, 0.6) is 0 Å². The lowest BCUT2D eigenvalue weighted by Gasteiger charge is -2.01. The van der Waals surface area contributed by atoms with E-state index in [9.17, 15) is 0 Å². The Kier molecular flexibility index (Phi) is 4.49. The zero-order valence-electron chi connectivity index (χ0n) is 10.9. The summed E-state index contributed by atoms with van der Waals surface area (Å²) < 4.78 is 9.85. The summed E-state index contributed by atoms with van der Waals surface area (Å²) in [7, 11) is 0. The van der Waals surface area contributed by atoms with E-state index in [1.165, 1.54) is 11.5 Å². The van der Waals surface area contributed by atoms with Gasteiger partial charge in [0, 0.05) is 0 Å². The molecule has 0 amide bonds. The average Bonchev–Trinajstić information content (AvgIpc) is 2.98. The molecular formula is C14H11ClN4OS. The number of halogens is 1. The molecule has 0 fully saturated rings. The molecule has 2 heterocycles. The van der Waals surface area contributed by atoms with E-state index in [1.54, 1.807) is 12.1 Å². The van der Waals surface area contributed by atoms with E-state index in [0.29, 0.717) is 34.9 Å². The molecule has 3 aromatic rings. The van der Waals surface area contributed by atoms with Crippen LogP contribution in [0.25, 0.3) is 10.7 Å². The molecule has 0 unspecified atom stereocenters. The number of aromatic nitrogens is 4. The smallest absolute Gasteiger partial charge is 0.168 e. The van der Waals surface area contributed by atoms with E-state index < -0.39 is 0 Å². The lowest BCUT2D eigenvalue weighted by atomic mass is 10.2. The van der Waals surface area contributed by atoms with Crippen LogP contribution in [0.4, 0.5) is 0 Å². The molecule has 5 nitrogen and oxygen atoms in total. The Morgan fingerprint density at radius 1 is 1.00 bits per heavy atom. The van der Waals surface area contributed by atoms with E-state index >= 15 is 0 Å². The molecule has 1 aromatic carbocycles. The van der Waals surface area contributed by atoms with Gasteiger partial charge in [0.15, 0.2) is 16.0 Å². The van der Waals surface area contributed by atoms with Crippen LogP contribution in [-0.4, -0.2) is 19.6 Å². The molecule has 0 radical (unpaired) electrons. The zero-order valence-corrected chi connectivity index (χ0v) is 12.5. The average molecular weight is 319 g/mol. The fourth-order valence-corrected chi connectivity index (χ4v) is 2.42. The first-order valence-corrected chi connectivity index (χ1v) is 7.40. The van der Waals surface area contributed by atoms with Crippen molar-refractivity contribution in [1.29, 1.82) is 0 Å². The highest BCUT2D eigenvalue weighted by Gasteiger charge is 2.08. The van der Waals surface area contributed by atoms with Crippen LogP contribution in [0, 0.1) is 0 Å². The Morgan fingerprint density at radius 3 is 2.62 bits per heavy atom. The summed E-state index contributed by atoms with van der Waals surface area (Å²) in [5.74, 6) is 0.641. The minimum absolute atomic E-state index is 0.356. The third-order valence-corrected chi connectivity index (χ3v) is 3.64. The molecule has 0 bridgehead atoms. The first-order valence-electron chi connectivity index (χ1n) is 6.25. The molecule has 3 rings (SSSR count). The summed E-state index contributed by atoms with van der Waals surface area (Å²) in [6.45, 7) is 0.905. The molecule has 21 heavy (non-hydrogen) atoms. The zero-order chi connectivity index (χ0) is 14.5. The van der Waals surface area contributed by atoms with Crippen molar-refractivity contribution in [1.82, 2.24) is 19.6 Å². The summed E-state index contributed by atoms with van der Waals surface area (Å²) in [4.78, 5) is 4.38. The molecule has 0 aliphatic rings. The van der Waals surface area contributed by atoms with Crippen LogP contribution in [-0.2, 0) is 18.0 Å². The van der Waals surface area contributed by atoms with Crippen LogP contribution >= 0.6 is 23.1 Å². The highest BCUT2D eigenvalue weighted by Crippen LogP contribution is 2.19. The van der Waals surface area contributed by atoms with E-state index in [-0.39, 0.29) is 0 Å². The summed E-state index contributed by atoms with van der Waals surface area (Å²) in [5, 5.41) is 8.83. The Balaban J connectivity index is 1.59. The molecule has 106 valence electrons. The minimum atomic E-state index is 0.356. The number of rotatable bonds is 5. The molecule has 0 aliphatic carbocycles. The Morgan fingerprint density at radius 2 is 1.86 bits per heavy atom. The second kappa shape index (κ2) is 6.71. The molecule has 0 N–H and O–H groups in total. The summed E-state index contributed by atoms with van der Waals surface area (Å²) >= 11 is 6.97. The summed E-state index contributed by atoms with van der Waals surface area (Å²) in [6.07, 6.45) is 0. The van der Waals surface area contributed by atoms with Crippen molar-refractivity contribution in [3.05, 3.63) is 59.0 Å². The predicted molar refractivity (Wildman–Crippen MR) is 80.9 cm³/mol. The number of benzene rings is 1. The normalized spacial score (nSPS) is 10.7. The number of ether oxygens (including phenoxy) is 1. The molecule has 2 aromatic heterocycles. The maximum absolute atomic E-state index is 5.70. The molecule has 7 heteroatoms. The standard InChI is InChI=1S/C14H11ClN4OS/c15-12-7-6-11(17-18-12)14-16-13(19-21-14)9-20-8-10-4-2-1-3-5-10/h1-7H,8-9H2. The second-order valence-corrected chi connectivity index (χ2v) is 5.37. The quantitative estimate of drug-likeness (QED) is 0.722. The molecule has 0 aliphatic heterocycles. The maximum atomic E-state index is 5.70. The number of hydrogen-bond acceptors (Lipinski definition) is 6. The second-order valence-electron chi connectivity index (χ2n) is 4.24. The van der Waals surface area contributed by atoms with Crippen LogP contribution in [0.15, 0.2) is 42.5 Å². The van der Waals surface area contributed by atoms with E-state index in [2.05, 4.69) is 19.6 Å². The number of nitrogens with zero attached hydrogens (tertiary/aromatic N) is 4. The van der Waals surface area contributed by atoms with Crippen molar-refractivity contribution in [2.75, 3.05) is 0 Å². The van der Waals surface area contributed by atoms with Gasteiger partial charge in [0.2, 0.25) is 0 Å². The fraction of sp³-hybridized carbons (Fsp3) is 0.143. The van der Waals surface area contributed by atoms with Crippen molar-refractivity contribution in [3.63, 3.8) is 0 Å². The van der Waals surface area contributed by atoms with E-state index in [1.807, 2.05) is 30.3 Å². The van der Waals surface area contributed by atoms with Gasteiger partial charge in [-0.2, -0.15) is 4.37 Å². The van der Waals surface area contributed by atoms with Crippen LogP contribution in [0.2, 0.25) is 5.15 Å². The molecule has 0 saturated carbocycles. The van der Waals surface area contributed by atoms with E-state index in [0.717, 1.165) is 5.56 Å². The van der Waals surface area contributed by atoms with Crippen molar-refractivity contribution in [2.45, 2.75) is 13.2 Å². The largest absolute Gasteiger partial charge is 0.369 e. The van der Waals surface area contributed by atoms with Gasteiger partial charge in [-0.1, -0.05) is 41.9 Å². The van der Waals surface area contributed by atoms with Crippen molar-refractivity contribution < 1.29 is 4.74 Å². The monoisotopic (exact) mass is 318 g/mol. The maximum Gasteiger partial charge on any atom is 0.168 e. The van der Waals surface area contributed by atoms with Gasteiger partial charge in [-0.3, -0.25) is 0 Å². The molecular weight excluding hydrogens is 308 g/mol.